The fourth-order valence-corrected chi connectivity index (χ4v) is 3.44. The summed E-state index contributed by atoms with van der Waals surface area (Å²) in [6.45, 7) is 2.98. The standard InChI is InChI=1S/C20H27NO4/c1-13(22)11-23-16-6-4-15(5-7-16)20-21-18-9-8-17(10-19(18)25-20)24-12-14-2-3-14/h8-10,13-16,22H,2-7,11-12H2,1H3/t13?,15-,16-. The number of ether oxygens (including phenoxy) is 2. The fraction of sp³-hybridized carbons (Fsp3) is 0.650. The Morgan fingerprint density at radius 3 is 2.72 bits per heavy atom. The van der Waals surface area contributed by atoms with Crippen LogP contribution in [-0.2, 0) is 4.74 Å². The normalized spacial score (nSPS) is 25.2. The van der Waals surface area contributed by atoms with Crippen LogP contribution in [0.15, 0.2) is 22.6 Å². The number of nitrogens with zero attached hydrogens (tertiary/aromatic N) is 1. The molecule has 2 aliphatic carbocycles. The van der Waals surface area contributed by atoms with E-state index < -0.39 is 6.10 Å². The van der Waals surface area contributed by atoms with Crippen molar-refractivity contribution < 1.29 is 19.0 Å². The SMILES string of the molecule is CC(O)CO[C@H]1CC[C@H](c2nc3ccc(OCC4CC4)cc3o2)CC1. The summed E-state index contributed by atoms with van der Waals surface area (Å²) in [6.07, 6.45) is 6.45. The van der Waals surface area contributed by atoms with E-state index in [2.05, 4.69) is 4.98 Å². The summed E-state index contributed by atoms with van der Waals surface area (Å²) in [5.41, 5.74) is 1.72. The lowest BCUT2D eigenvalue weighted by molar-refractivity contribution is -0.0210. The molecule has 136 valence electrons. The molecule has 1 aromatic carbocycles. The molecule has 2 aromatic rings. The lowest BCUT2D eigenvalue weighted by Gasteiger charge is -2.27. The summed E-state index contributed by atoms with van der Waals surface area (Å²) in [4.78, 5) is 4.68. The van der Waals surface area contributed by atoms with E-state index in [-0.39, 0.29) is 6.10 Å². The smallest absolute Gasteiger partial charge is 0.198 e. The molecule has 1 N–H and O–H groups in total. The monoisotopic (exact) mass is 345 g/mol. The second-order valence-electron chi connectivity index (χ2n) is 7.59. The number of fused-ring (bicyclic) bond motifs is 1. The minimum Gasteiger partial charge on any atom is -0.493 e. The van der Waals surface area contributed by atoms with Crippen molar-refractivity contribution in [2.45, 2.75) is 63.6 Å². The van der Waals surface area contributed by atoms with Crippen LogP contribution in [0.4, 0.5) is 0 Å². The van der Waals surface area contributed by atoms with Gasteiger partial charge in [-0.2, -0.15) is 0 Å². The first-order valence-electron chi connectivity index (χ1n) is 9.50. The van der Waals surface area contributed by atoms with E-state index >= 15 is 0 Å². The van der Waals surface area contributed by atoms with Crippen LogP contribution in [0.5, 0.6) is 5.75 Å². The van der Waals surface area contributed by atoms with Gasteiger partial charge in [-0.05, 0) is 63.5 Å². The fourth-order valence-electron chi connectivity index (χ4n) is 3.44. The molecule has 5 heteroatoms. The predicted molar refractivity (Wildman–Crippen MR) is 94.9 cm³/mol. The molecular weight excluding hydrogens is 318 g/mol. The Morgan fingerprint density at radius 2 is 2.00 bits per heavy atom. The number of aliphatic hydroxyl groups is 1. The van der Waals surface area contributed by atoms with E-state index in [9.17, 15) is 5.11 Å². The average molecular weight is 345 g/mol. The molecule has 5 nitrogen and oxygen atoms in total. The average Bonchev–Trinajstić information content (AvgIpc) is 3.35. The molecule has 0 amide bonds. The summed E-state index contributed by atoms with van der Waals surface area (Å²) in [7, 11) is 0. The zero-order chi connectivity index (χ0) is 17.2. The van der Waals surface area contributed by atoms with Crippen molar-refractivity contribution in [3.63, 3.8) is 0 Å². The highest BCUT2D eigenvalue weighted by Crippen LogP contribution is 2.36. The Labute approximate surface area is 148 Å². The van der Waals surface area contributed by atoms with Crippen molar-refractivity contribution in [2.75, 3.05) is 13.2 Å². The van der Waals surface area contributed by atoms with Crippen molar-refractivity contribution in [2.24, 2.45) is 5.92 Å². The quantitative estimate of drug-likeness (QED) is 0.820. The first-order valence-corrected chi connectivity index (χ1v) is 9.50. The van der Waals surface area contributed by atoms with Gasteiger partial charge >= 0.3 is 0 Å². The van der Waals surface area contributed by atoms with Gasteiger partial charge in [0.2, 0.25) is 0 Å². The van der Waals surface area contributed by atoms with E-state index in [0.29, 0.717) is 12.5 Å². The number of hydrogen-bond acceptors (Lipinski definition) is 5. The maximum Gasteiger partial charge on any atom is 0.198 e. The molecule has 2 saturated carbocycles. The highest BCUT2D eigenvalue weighted by atomic mass is 16.5. The molecule has 4 rings (SSSR count). The van der Waals surface area contributed by atoms with Gasteiger partial charge in [-0.25, -0.2) is 4.98 Å². The highest BCUT2D eigenvalue weighted by Gasteiger charge is 2.27. The highest BCUT2D eigenvalue weighted by molar-refractivity contribution is 5.74. The third-order valence-electron chi connectivity index (χ3n) is 5.16. The van der Waals surface area contributed by atoms with Gasteiger partial charge in [0.1, 0.15) is 11.3 Å². The third kappa shape index (κ3) is 4.33. The molecule has 1 unspecified atom stereocenters. The maximum absolute atomic E-state index is 9.33. The first-order chi connectivity index (χ1) is 12.2. The van der Waals surface area contributed by atoms with Crippen LogP contribution in [0, 0.1) is 5.92 Å². The summed E-state index contributed by atoms with van der Waals surface area (Å²) in [6, 6.07) is 5.94. The second-order valence-corrected chi connectivity index (χ2v) is 7.59. The molecule has 25 heavy (non-hydrogen) atoms. The first kappa shape index (κ1) is 16.9. The van der Waals surface area contributed by atoms with Crippen LogP contribution in [-0.4, -0.2) is 35.5 Å². The van der Waals surface area contributed by atoms with Crippen LogP contribution in [0.25, 0.3) is 11.1 Å². The van der Waals surface area contributed by atoms with Crippen molar-refractivity contribution in [1.82, 2.24) is 4.98 Å². The number of aromatic nitrogens is 1. The molecule has 1 heterocycles. The van der Waals surface area contributed by atoms with Crippen LogP contribution >= 0.6 is 0 Å². The van der Waals surface area contributed by atoms with Crippen molar-refractivity contribution in [3.8, 4) is 5.75 Å². The Morgan fingerprint density at radius 1 is 1.20 bits per heavy atom. The zero-order valence-electron chi connectivity index (χ0n) is 14.8. The summed E-state index contributed by atoms with van der Waals surface area (Å²) < 4.78 is 17.6. The minimum atomic E-state index is -0.397. The Kier molecular flexibility index (Phi) is 4.95. The van der Waals surface area contributed by atoms with E-state index in [0.717, 1.165) is 60.9 Å². The van der Waals surface area contributed by atoms with Gasteiger partial charge in [0.05, 0.1) is 25.4 Å². The van der Waals surface area contributed by atoms with Gasteiger partial charge in [0, 0.05) is 12.0 Å². The van der Waals surface area contributed by atoms with Gasteiger partial charge in [-0.15, -0.1) is 0 Å². The van der Waals surface area contributed by atoms with Crippen LogP contribution in [0.1, 0.15) is 57.3 Å². The van der Waals surface area contributed by atoms with E-state index in [1.807, 2.05) is 18.2 Å². The maximum atomic E-state index is 9.33. The van der Waals surface area contributed by atoms with Crippen molar-refractivity contribution in [3.05, 3.63) is 24.1 Å². The predicted octanol–water partition coefficient (Wildman–Crippen LogP) is 4.04. The van der Waals surface area contributed by atoms with E-state index in [1.54, 1.807) is 6.92 Å². The van der Waals surface area contributed by atoms with Gasteiger partial charge in [0.25, 0.3) is 0 Å². The molecule has 0 bridgehead atoms. The molecule has 0 saturated heterocycles. The molecule has 1 aromatic heterocycles. The largest absolute Gasteiger partial charge is 0.493 e. The Hall–Kier alpha value is -1.59. The zero-order valence-corrected chi connectivity index (χ0v) is 14.8. The van der Waals surface area contributed by atoms with Crippen LogP contribution < -0.4 is 4.74 Å². The topological polar surface area (TPSA) is 64.7 Å². The number of aliphatic hydroxyl groups excluding tert-OH is 1. The van der Waals surface area contributed by atoms with E-state index in [4.69, 9.17) is 13.9 Å². The lowest BCUT2D eigenvalue weighted by atomic mass is 9.87. The van der Waals surface area contributed by atoms with Gasteiger partial charge < -0.3 is 19.0 Å². The molecule has 2 fully saturated rings. The summed E-state index contributed by atoms with van der Waals surface area (Å²) >= 11 is 0. The third-order valence-corrected chi connectivity index (χ3v) is 5.16. The molecule has 0 aliphatic heterocycles. The molecule has 0 spiro atoms. The molecule has 2 aliphatic rings. The van der Waals surface area contributed by atoms with E-state index in [1.165, 1.54) is 12.8 Å². The van der Waals surface area contributed by atoms with Crippen LogP contribution in [0.3, 0.4) is 0 Å². The minimum absolute atomic E-state index is 0.248. The Balaban J connectivity index is 1.36. The van der Waals surface area contributed by atoms with Crippen molar-refractivity contribution in [1.29, 1.82) is 0 Å². The van der Waals surface area contributed by atoms with Gasteiger partial charge in [0.15, 0.2) is 11.5 Å². The second kappa shape index (κ2) is 7.34. The number of hydrogen-bond donors (Lipinski definition) is 1. The molecule has 1 atom stereocenters. The van der Waals surface area contributed by atoms with Crippen LogP contribution in [0.2, 0.25) is 0 Å². The molecular formula is C20H27NO4. The summed E-state index contributed by atoms with van der Waals surface area (Å²) in [5, 5.41) is 9.33. The number of rotatable bonds is 7. The van der Waals surface area contributed by atoms with Gasteiger partial charge in [-0.3, -0.25) is 0 Å². The lowest BCUT2D eigenvalue weighted by Crippen LogP contribution is -2.24. The molecule has 0 radical (unpaired) electrons. The number of oxazole rings is 1. The Bertz CT molecular complexity index is 699. The summed E-state index contributed by atoms with van der Waals surface area (Å²) in [5.74, 6) is 2.81. The van der Waals surface area contributed by atoms with Gasteiger partial charge in [-0.1, -0.05) is 0 Å². The van der Waals surface area contributed by atoms with Crippen molar-refractivity contribution >= 4 is 11.1 Å². The number of benzene rings is 1.